The Morgan fingerprint density at radius 1 is 1.17 bits per heavy atom. The van der Waals surface area contributed by atoms with Gasteiger partial charge in [0.05, 0.1) is 6.54 Å². The summed E-state index contributed by atoms with van der Waals surface area (Å²) in [5.74, 6) is 0.743. The fourth-order valence-electron chi connectivity index (χ4n) is 2.68. The highest BCUT2D eigenvalue weighted by molar-refractivity contribution is 5.79. The molecule has 0 saturated carbocycles. The summed E-state index contributed by atoms with van der Waals surface area (Å²) in [7, 11) is 0. The van der Waals surface area contributed by atoms with Crippen molar-refractivity contribution in [3.63, 3.8) is 0 Å². The van der Waals surface area contributed by atoms with Gasteiger partial charge in [-0.05, 0) is 39.4 Å². The minimum Gasteiger partial charge on any atom is -0.384 e. The Kier molecular flexibility index (Phi) is 8.79. The Balaban J connectivity index is 2.68. The van der Waals surface area contributed by atoms with Crippen molar-refractivity contribution in [2.75, 3.05) is 32.7 Å². The summed E-state index contributed by atoms with van der Waals surface area (Å²) in [4.78, 5) is 6.97. The number of likely N-dealkylation sites (N-methyl/N-ethyl adjacent to an activating group) is 1. The van der Waals surface area contributed by atoms with E-state index in [1.54, 1.807) is 6.92 Å². The van der Waals surface area contributed by atoms with Gasteiger partial charge in [0, 0.05) is 19.1 Å². The molecule has 2 unspecified atom stereocenters. The van der Waals surface area contributed by atoms with Gasteiger partial charge in [0.25, 0.3) is 0 Å². The topological polar surface area (TPSA) is 59.9 Å². The minimum atomic E-state index is -0.978. The lowest BCUT2D eigenvalue weighted by Gasteiger charge is -2.27. The minimum absolute atomic E-state index is 0.312. The molecule has 0 aliphatic carbocycles. The van der Waals surface area contributed by atoms with Gasteiger partial charge in [-0.1, -0.05) is 44.2 Å². The summed E-state index contributed by atoms with van der Waals surface area (Å²) in [6, 6.07) is 10.1. The average Bonchev–Trinajstić information content (AvgIpc) is 2.59. The monoisotopic (exact) mass is 334 g/mol. The highest BCUT2D eigenvalue weighted by Gasteiger charge is 2.22. The van der Waals surface area contributed by atoms with Crippen molar-refractivity contribution in [2.24, 2.45) is 4.99 Å². The van der Waals surface area contributed by atoms with Gasteiger partial charge in [-0.25, -0.2) is 4.99 Å². The first-order chi connectivity index (χ1) is 11.4. The number of aliphatic hydroxyl groups is 1. The molecule has 5 nitrogen and oxygen atoms in total. The van der Waals surface area contributed by atoms with E-state index in [4.69, 9.17) is 0 Å². The molecule has 0 aliphatic heterocycles. The number of hydrogen-bond donors (Lipinski definition) is 3. The maximum Gasteiger partial charge on any atom is 0.191 e. The van der Waals surface area contributed by atoms with Crippen LogP contribution >= 0.6 is 0 Å². The Labute approximate surface area is 147 Å². The van der Waals surface area contributed by atoms with Crippen molar-refractivity contribution in [1.82, 2.24) is 15.5 Å². The summed E-state index contributed by atoms with van der Waals surface area (Å²) in [6.07, 6.45) is 0. The lowest BCUT2D eigenvalue weighted by atomic mass is 9.96. The zero-order valence-corrected chi connectivity index (χ0v) is 15.8. The second kappa shape index (κ2) is 10.3. The van der Waals surface area contributed by atoms with Crippen molar-refractivity contribution in [3.8, 4) is 0 Å². The van der Waals surface area contributed by atoms with Gasteiger partial charge in [-0.3, -0.25) is 4.90 Å². The third kappa shape index (κ3) is 6.49. The maximum absolute atomic E-state index is 10.7. The molecule has 0 radical (unpaired) electrons. The van der Waals surface area contributed by atoms with Gasteiger partial charge < -0.3 is 15.7 Å². The van der Waals surface area contributed by atoms with Crippen LogP contribution in [0.25, 0.3) is 0 Å². The molecule has 136 valence electrons. The van der Waals surface area contributed by atoms with Crippen LogP contribution in [0.3, 0.4) is 0 Å². The number of guanidine groups is 1. The van der Waals surface area contributed by atoms with Gasteiger partial charge in [-0.15, -0.1) is 0 Å². The molecule has 0 aromatic heterocycles. The highest BCUT2D eigenvalue weighted by Crippen LogP contribution is 2.20. The SMILES string of the molecule is CCNC(=NCC(C)(O)c1ccccc1)NCC(C)N(CC)CC. The van der Waals surface area contributed by atoms with Gasteiger partial charge in [0.1, 0.15) is 5.60 Å². The molecule has 3 N–H and O–H groups in total. The molecular formula is C19H34N4O. The van der Waals surface area contributed by atoms with Gasteiger partial charge in [-0.2, -0.15) is 0 Å². The largest absolute Gasteiger partial charge is 0.384 e. The van der Waals surface area contributed by atoms with Crippen LogP contribution in [0, 0.1) is 0 Å². The number of aliphatic imine (C=N–C) groups is 1. The first kappa shape index (κ1) is 20.5. The molecular weight excluding hydrogens is 300 g/mol. The quantitative estimate of drug-likeness (QED) is 0.478. The van der Waals surface area contributed by atoms with E-state index in [0.717, 1.165) is 37.7 Å². The zero-order valence-electron chi connectivity index (χ0n) is 15.8. The Bertz CT molecular complexity index is 483. The number of nitrogens with zero attached hydrogens (tertiary/aromatic N) is 2. The third-order valence-corrected chi connectivity index (χ3v) is 4.29. The molecule has 2 atom stereocenters. The standard InChI is InChI=1S/C19H34N4O/c1-6-20-18(21-14-16(4)23(7-2)8-3)22-15-19(5,24)17-12-10-9-11-13-17/h9-13,16,24H,6-8,14-15H2,1-5H3,(H2,20,21,22). The first-order valence-corrected chi connectivity index (χ1v) is 8.98. The van der Waals surface area contributed by atoms with E-state index in [-0.39, 0.29) is 0 Å². The second-order valence-electron chi connectivity index (χ2n) is 6.29. The molecule has 0 saturated heterocycles. The predicted octanol–water partition coefficient (Wildman–Crippen LogP) is 2.18. The molecule has 0 spiro atoms. The summed E-state index contributed by atoms with van der Waals surface area (Å²) < 4.78 is 0. The normalized spacial score (nSPS) is 15.9. The summed E-state index contributed by atoms with van der Waals surface area (Å²) in [5.41, 5.74) is -0.102. The van der Waals surface area contributed by atoms with Gasteiger partial charge >= 0.3 is 0 Å². The summed E-state index contributed by atoms with van der Waals surface area (Å²) in [5, 5.41) is 17.3. The van der Waals surface area contributed by atoms with Crippen LogP contribution in [0.2, 0.25) is 0 Å². The number of nitrogens with one attached hydrogen (secondary N) is 2. The zero-order chi connectivity index (χ0) is 18.0. The van der Waals surface area contributed by atoms with E-state index in [1.165, 1.54) is 0 Å². The molecule has 5 heteroatoms. The molecule has 1 rings (SSSR count). The summed E-state index contributed by atoms with van der Waals surface area (Å²) >= 11 is 0. The van der Waals surface area contributed by atoms with Crippen molar-refractivity contribution in [1.29, 1.82) is 0 Å². The van der Waals surface area contributed by atoms with Crippen LogP contribution < -0.4 is 10.6 Å². The van der Waals surface area contributed by atoms with Crippen molar-refractivity contribution in [3.05, 3.63) is 35.9 Å². The molecule has 0 bridgehead atoms. The molecule has 0 amide bonds. The van der Waals surface area contributed by atoms with E-state index >= 15 is 0 Å². The van der Waals surface area contributed by atoms with Crippen LogP contribution in [0.15, 0.2) is 35.3 Å². The number of rotatable bonds is 9. The van der Waals surface area contributed by atoms with Crippen LogP contribution in [0.4, 0.5) is 0 Å². The van der Waals surface area contributed by atoms with Crippen LogP contribution in [-0.2, 0) is 5.60 Å². The van der Waals surface area contributed by atoms with Crippen molar-refractivity contribution in [2.45, 2.75) is 46.3 Å². The Morgan fingerprint density at radius 2 is 1.79 bits per heavy atom. The van der Waals surface area contributed by atoms with Crippen LogP contribution in [0.5, 0.6) is 0 Å². The average molecular weight is 335 g/mol. The molecule has 0 heterocycles. The third-order valence-electron chi connectivity index (χ3n) is 4.29. The van der Waals surface area contributed by atoms with Crippen molar-refractivity contribution >= 4 is 5.96 Å². The number of benzene rings is 1. The lowest BCUT2D eigenvalue weighted by molar-refractivity contribution is 0.0672. The van der Waals surface area contributed by atoms with E-state index < -0.39 is 5.60 Å². The van der Waals surface area contributed by atoms with E-state index in [9.17, 15) is 5.11 Å². The Hall–Kier alpha value is -1.59. The predicted molar refractivity (Wildman–Crippen MR) is 102 cm³/mol. The fourth-order valence-corrected chi connectivity index (χ4v) is 2.68. The lowest BCUT2D eigenvalue weighted by Crippen LogP contribution is -2.46. The molecule has 0 aliphatic rings. The molecule has 24 heavy (non-hydrogen) atoms. The molecule has 1 aromatic carbocycles. The second-order valence-corrected chi connectivity index (χ2v) is 6.29. The summed E-state index contributed by atoms with van der Waals surface area (Å²) in [6.45, 7) is 14.4. The smallest absolute Gasteiger partial charge is 0.191 e. The fraction of sp³-hybridized carbons (Fsp3) is 0.632. The number of hydrogen-bond acceptors (Lipinski definition) is 3. The van der Waals surface area contributed by atoms with E-state index in [1.807, 2.05) is 37.3 Å². The maximum atomic E-state index is 10.7. The Morgan fingerprint density at radius 3 is 2.33 bits per heavy atom. The highest BCUT2D eigenvalue weighted by atomic mass is 16.3. The van der Waals surface area contributed by atoms with E-state index in [2.05, 4.69) is 41.3 Å². The van der Waals surface area contributed by atoms with Gasteiger partial charge in [0.2, 0.25) is 0 Å². The van der Waals surface area contributed by atoms with E-state index in [0.29, 0.717) is 12.6 Å². The van der Waals surface area contributed by atoms with Gasteiger partial charge in [0.15, 0.2) is 5.96 Å². The van der Waals surface area contributed by atoms with Crippen LogP contribution in [0.1, 0.15) is 40.2 Å². The van der Waals surface area contributed by atoms with Crippen LogP contribution in [-0.4, -0.2) is 54.7 Å². The first-order valence-electron chi connectivity index (χ1n) is 8.98. The van der Waals surface area contributed by atoms with Crippen molar-refractivity contribution < 1.29 is 5.11 Å². The molecule has 0 fully saturated rings. The molecule has 1 aromatic rings.